The van der Waals surface area contributed by atoms with Crippen molar-refractivity contribution in [3.63, 3.8) is 0 Å². The lowest BCUT2D eigenvalue weighted by Crippen LogP contribution is -2.53. The molecule has 9 heteroatoms. The van der Waals surface area contributed by atoms with Gasteiger partial charge in [-0.1, -0.05) is 12.1 Å². The minimum atomic E-state index is -1.64. The molecule has 2 saturated heterocycles. The first-order chi connectivity index (χ1) is 20.1. The Morgan fingerprint density at radius 3 is 2.38 bits per heavy atom. The van der Waals surface area contributed by atoms with Gasteiger partial charge in [-0.25, -0.2) is 9.59 Å². The highest BCUT2D eigenvalue weighted by Gasteiger charge is 2.36. The second-order valence-electron chi connectivity index (χ2n) is 12.6. The molecule has 0 aliphatic carbocycles. The minimum absolute atomic E-state index is 0.315. The predicted molar refractivity (Wildman–Crippen MR) is 166 cm³/mol. The number of ether oxygens (including phenoxy) is 4. The maximum Gasteiger partial charge on any atom is 0.419 e. The van der Waals surface area contributed by atoms with E-state index in [2.05, 4.69) is 16.7 Å². The lowest BCUT2D eigenvalue weighted by molar-refractivity contribution is 0.0450. The van der Waals surface area contributed by atoms with E-state index < -0.39 is 14.6 Å². The van der Waals surface area contributed by atoms with Gasteiger partial charge in [-0.05, 0) is 106 Å². The third-order valence-corrected chi connectivity index (χ3v) is 12.3. The molecule has 1 aromatic heterocycles. The average molecular weight is 593 g/mol. The predicted octanol–water partition coefficient (Wildman–Crippen LogP) is 5.41. The molecule has 2 aliphatic heterocycles. The molecule has 5 rings (SSSR count). The summed E-state index contributed by atoms with van der Waals surface area (Å²) in [6, 6.07) is 13.3. The highest BCUT2D eigenvalue weighted by Crippen LogP contribution is 2.38. The van der Waals surface area contributed by atoms with Gasteiger partial charge in [-0.3, -0.25) is 4.57 Å². The fourth-order valence-corrected chi connectivity index (χ4v) is 10.4. The Morgan fingerprint density at radius 1 is 1.02 bits per heavy atom. The zero-order valence-electron chi connectivity index (χ0n) is 25.8. The summed E-state index contributed by atoms with van der Waals surface area (Å²) in [4.78, 5) is 25.3. The molecule has 0 spiro atoms. The zero-order chi connectivity index (χ0) is 30.0. The third-order valence-electron chi connectivity index (χ3n) is 8.80. The van der Waals surface area contributed by atoms with Crippen LogP contribution < -0.4 is 9.92 Å². The molecule has 226 valence electrons. The number of carbonyl (C=O) groups excluding carboxylic acids is 2. The number of hydrogen-bond acceptors (Lipinski definition) is 7. The van der Waals surface area contributed by atoms with Crippen LogP contribution in [0.2, 0.25) is 6.04 Å². The molecule has 0 bridgehead atoms. The highest BCUT2D eigenvalue weighted by molar-refractivity contribution is 6.70. The smallest absolute Gasteiger partial charge is 0.419 e. The van der Waals surface area contributed by atoms with E-state index in [0.29, 0.717) is 17.4 Å². The van der Waals surface area contributed by atoms with Crippen LogP contribution in [0.1, 0.15) is 61.5 Å². The van der Waals surface area contributed by atoms with Crippen molar-refractivity contribution in [3.8, 4) is 5.75 Å². The van der Waals surface area contributed by atoms with Crippen molar-refractivity contribution >= 4 is 37.1 Å². The van der Waals surface area contributed by atoms with Crippen molar-refractivity contribution in [2.75, 3.05) is 34.0 Å². The lowest BCUT2D eigenvalue weighted by Gasteiger charge is -2.42. The summed E-state index contributed by atoms with van der Waals surface area (Å²) in [6.07, 6.45) is 4.86. The molecule has 0 N–H and O–H groups in total. The van der Waals surface area contributed by atoms with Crippen LogP contribution in [-0.4, -0.2) is 69.7 Å². The van der Waals surface area contributed by atoms with Crippen molar-refractivity contribution < 1.29 is 28.5 Å². The average Bonchev–Trinajstić information content (AvgIpc) is 3.44. The van der Waals surface area contributed by atoms with E-state index in [1.165, 1.54) is 18.3 Å². The van der Waals surface area contributed by atoms with Crippen molar-refractivity contribution in [1.82, 2.24) is 9.13 Å². The van der Waals surface area contributed by atoms with Gasteiger partial charge >= 0.3 is 12.1 Å². The van der Waals surface area contributed by atoms with Gasteiger partial charge in [-0.2, -0.15) is 0 Å². The van der Waals surface area contributed by atoms with Crippen LogP contribution in [0.4, 0.5) is 4.79 Å². The first-order valence-corrected chi connectivity index (χ1v) is 16.9. The molecule has 3 aromatic rings. The normalized spacial score (nSPS) is 20.4. The number of hydrogen-bond donors (Lipinski definition) is 0. The van der Waals surface area contributed by atoms with E-state index in [1.807, 2.05) is 58.2 Å². The summed E-state index contributed by atoms with van der Waals surface area (Å²) in [6.45, 7) is 11.1. The third kappa shape index (κ3) is 6.43. The number of aryl methyl sites for hydroxylation is 1. The van der Waals surface area contributed by atoms with Gasteiger partial charge in [0.25, 0.3) is 0 Å². The Bertz CT molecular complexity index is 1420. The minimum Gasteiger partial charge on any atom is -0.496 e. The summed E-state index contributed by atoms with van der Waals surface area (Å²) < 4.78 is 26.6. The largest absolute Gasteiger partial charge is 0.496 e. The number of rotatable bonds is 6. The molecule has 0 saturated carbocycles. The number of nitrogens with zero attached hydrogens (tertiary/aromatic N) is 2. The van der Waals surface area contributed by atoms with Crippen LogP contribution in [0.25, 0.3) is 10.9 Å². The van der Waals surface area contributed by atoms with Crippen LogP contribution in [0.15, 0.2) is 42.6 Å². The quantitative estimate of drug-likeness (QED) is 0.280. The van der Waals surface area contributed by atoms with Crippen LogP contribution >= 0.6 is 0 Å². The summed E-state index contributed by atoms with van der Waals surface area (Å²) in [5, 5.41) is 2.34. The van der Waals surface area contributed by atoms with E-state index in [9.17, 15) is 9.59 Å². The second-order valence-corrected chi connectivity index (χ2v) is 15.5. The van der Waals surface area contributed by atoms with E-state index in [4.69, 9.17) is 18.9 Å². The van der Waals surface area contributed by atoms with Crippen LogP contribution in [0, 0.1) is 18.8 Å². The van der Waals surface area contributed by atoms with Gasteiger partial charge in [0.05, 0.1) is 25.3 Å². The number of carbonyl (C=O) groups is 2. The van der Waals surface area contributed by atoms with Gasteiger partial charge in [0.2, 0.25) is 0 Å². The Labute approximate surface area is 250 Å². The van der Waals surface area contributed by atoms with Gasteiger partial charge in [0.1, 0.15) is 20.3 Å². The van der Waals surface area contributed by atoms with Gasteiger partial charge in [-0.15, -0.1) is 0 Å². The lowest BCUT2D eigenvalue weighted by atomic mass is 9.85. The highest BCUT2D eigenvalue weighted by atomic mass is 28.3. The van der Waals surface area contributed by atoms with Crippen molar-refractivity contribution in [1.29, 1.82) is 0 Å². The summed E-state index contributed by atoms with van der Waals surface area (Å²) in [5.41, 5.74) is 2.90. The monoisotopic (exact) mass is 592 g/mol. The molecule has 0 unspecified atom stereocenters. The van der Waals surface area contributed by atoms with Crippen LogP contribution in [0.5, 0.6) is 5.75 Å². The Balaban J connectivity index is 1.50. The number of aromatic nitrogens is 1. The Hall–Kier alpha value is -3.14. The fourth-order valence-electron chi connectivity index (χ4n) is 6.73. The van der Waals surface area contributed by atoms with Crippen molar-refractivity contribution in [3.05, 3.63) is 59.3 Å². The number of methoxy groups -OCH3 is 2. The van der Waals surface area contributed by atoms with Crippen molar-refractivity contribution in [2.45, 2.75) is 65.1 Å². The van der Waals surface area contributed by atoms with E-state index in [1.54, 1.807) is 11.7 Å². The Morgan fingerprint density at radius 2 is 1.74 bits per heavy atom. The van der Waals surface area contributed by atoms with Gasteiger partial charge in [0.15, 0.2) is 0 Å². The molecule has 0 radical (unpaired) electrons. The van der Waals surface area contributed by atoms with E-state index in [0.717, 1.165) is 73.3 Å². The maximum absolute atomic E-state index is 13.1. The van der Waals surface area contributed by atoms with Gasteiger partial charge < -0.3 is 23.5 Å². The molecular formula is C33H44N2O6Si. The maximum atomic E-state index is 13.1. The van der Waals surface area contributed by atoms with Crippen LogP contribution in [-0.2, 0) is 20.8 Å². The number of fused-ring (bicyclic) bond motifs is 1. The fraction of sp³-hybridized carbons (Fsp3) is 0.515. The molecule has 8 nitrogen and oxygen atoms in total. The summed E-state index contributed by atoms with van der Waals surface area (Å²) in [7, 11) is 1.49. The summed E-state index contributed by atoms with van der Waals surface area (Å²) >= 11 is 0. The zero-order valence-corrected chi connectivity index (χ0v) is 26.9. The Kier molecular flexibility index (Phi) is 9.10. The SMILES string of the molecule is COC(=O)c1ccc([Si@@H]2C[C@@H](C3CCOCC3)CCN2Cc2c(OC)cc(C)c3c2ccn3C(=O)OC(C)(C)C)cc1. The first-order valence-electron chi connectivity index (χ1n) is 15.0. The molecule has 2 atom stereocenters. The van der Waals surface area contributed by atoms with Gasteiger partial charge in [0, 0.05) is 36.9 Å². The summed E-state index contributed by atoms with van der Waals surface area (Å²) in [5.74, 6) is 1.90. The topological polar surface area (TPSA) is 79.2 Å². The molecule has 0 amide bonds. The molecule has 2 fully saturated rings. The standard InChI is InChI=1S/C33H44N2O6Si/c1-22-19-29(38-5)28(27-12-16-35(30(22)27)32(37)41-33(2,3)4)20-34-15-11-25(23-13-17-40-18-14-23)21-42(34)26-9-7-24(8-10-26)31(36)39-6/h7-10,12,16,19,23,25,42H,11,13-15,17-18,20-21H2,1-6H3/t25-,42-/m0/s1. The molecule has 2 aromatic carbocycles. The number of esters is 1. The van der Waals surface area contributed by atoms with Crippen LogP contribution in [0.3, 0.4) is 0 Å². The molecule has 3 heterocycles. The molecular weight excluding hydrogens is 548 g/mol. The second kappa shape index (κ2) is 12.6. The van der Waals surface area contributed by atoms with E-state index >= 15 is 0 Å². The molecule has 2 aliphatic rings. The molecule has 42 heavy (non-hydrogen) atoms. The van der Waals surface area contributed by atoms with E-state index in [-0.39, 0.29) is 12.1 Å². The first kappa shape index (κ1) is 30.3. The number of benzene rings is 2. The van der Waals surface area contributed by atoms with Crippen molar-refractivity contribution in [2.24, 2.45) is 11.8 Å².